The molecule has 1 unspecified atom stereocenters. The summed E-state index contributed by atoms with van der Waals surface area (Å²) in [4.78, 5) is 28.3. The molecule has 1 aromatic heterocycles. The molecule has 0 radical (unpaired) electrons. The van der Waals surface area contributed by atoms with Gasteiger partial charge in [0.25, 0.3) is 0 Å². The van der Waals surface area contributed by atoms with E-state index in [0.29, 0.717) is 13.1 Å². The second kappa shape index (κ2) is 6.81. The number of aryl methyl sites for hydroxylation is 1. The Hall–Kier alpha value is -2.08. The van der Waals surface area contributed by atoms with Crippen LogP contribution in [0.3, 0.4) is 0 Å². The fourth-order valence-electron chi connectivity index (χ4n) is 2.95. The van der Waals surface area contributed by atoms with Crippen LogP contribution in [0.15, 0.2) is 45.5 Å². The van der Waals surface area contributed by atoms with Crippen LogP contribution in [0.2, 0.25) is 0 Å². The van der Waals surface area contributed by atoms with E-state index >= 15 is 0 Å². The van der Waals surface area contributed by atoms with Crippen molar-refractivity contribution in [2.75, 3.05) is 18.5 Å². The molecule has 1 aliphatic rings. The topological polar surface area (TPSA) is 53.8 Å². The zero-order valence-electron chi connectivity index (χ0n) is 13.7. The van der Waals surface area contributed by atoms with Gasteiger partial charge in [0.2, 0.25) is 11.8 Å². The highest BCUT2D eigenvalue weighted by Crippen LogP contribution is 2.29. The van der Waals surface area contributed by atoms with Gasteiger partial charge in [-0.1, -0.05) is 15.9 Å². The van der Waals surface area contributed by atoms with Crippen molar-refractivity contribution in [2.24, 2.45) is 5.92 Å². The number of anilines is 1. The Balaban J connectivity index is 1.69. The summed E-state index contributed by atoms with van der Waals surface area (Å²) in [6.07, 6.45) is 1.83. The Morgan fingerprint density at radius 2 is 2.21 bits per heavy atom. The second-order valence-corrected chi connectivity index (χ2v) is 6.97. The number of hydrogen-bond donors (Lipinski definition) is 0. The van der Waals surface area contributed by atoms with Gasteiger partial charge in [-0.2, -0.15) is 0 Å². The molecule has 1 aromatic carbocycles. The van der Waals surface area contributed by atoms with Gasteiger partial charge in [-0.05, 0) is 42.8 Å². The van der Waals surface area contributed by atoms with Gasteiger partial charge < -0.3 is 14.2 Å². The predicted molar refractivity (Wildman–Crippen MR) is 94.5 cm³/mol. The van der Waals surface area contributed by atoms with Crippen molar-refractivity contribution in [3.63, 3.8) is 0 Å². The van der Waals surface area contributed by atoms with Crippen molar-refractivity contribution < 1.29 is 14.0 Å². The summed E-state index contributed by atoms with van der Waals surface area (Å²) in [7, 11) is 1.74. The lowest BCUT2D eigenvalue weighted by atomic mass is 10.1. The minimum atomic E-state index is -0.318. The van der Waals surface area contributed by atoms with Crippen molar-refractivity contribution in [1.82, 2.24) is 4.90 Å². The predicted octanol–water partition coefficient (Wildman–Crippen LogP) is 3.36. The number of halogens is 1. The maximum Gasteiger partial charge on any atom is 0.228 e. The van der Waals surface area contributed by atoms with E-state index in [4.69, 9.17) is 4.42 Å². The molecule has 6 heteroatoms. The van der Waals surface area contributed by atoms with Gasteiger partial charge in [0.15, 0.2) is 0 Å². The van der Waals surface area contributed by atoms with Gasteiger partial charge in [-0.25, -0.2) is 0 Å². The molecule has 1 aliphatic heterocycles. The van der Waals surface area contributed by atoms with Gasteiger partial charge in [0.1, 0.15) is 5.76 Å². The average molecular weight is 391 g/mol. The lowest BCUT2D eigenvalue weighted by Gasteiger charge is -2.21. The Morgan fingerprint density at radius 3 is 2.88 bits per heavy atom. The normalized spacial score (nSPS) is 17.4. The number of furan rings is 1. The van der Waals surface area contributed by atoms with Gasteiger partial charge >= 0.3 is 0 Å². The van der Waals surface area contributed by atoms with Gasteiger partial charge in [0.05, 0.1) is 18.7 Å². The third kappa shape index (κ3) is 3.38. The molecule has 24 heavy (non-hydrogen) atoms. The number of carbonyl (C=O) groups excluding carboxylic acids is 2. The second-order valence-electron chi connectivity index (χ2n) is 6.11. The Labute approximate surface area is 149 Å². The van der Waals surface area contributed by atoms with E-state index in [-0.39, 0.29) is 24.2 Å². The molecule has 1 saturated heterocycles. The summed E-state index contributed by atoms with van der Waals surface area (Å²) in [6.45, 7) is 2.81. The van der Waals surface area contributed by atoms with Crippen molar-refractivity contribution in [1.29, 1.82) is 0 Å². The van der Waals surface area contributed by atoms with Crippen molar-refractivity contribution >= 4 is 33.4 Å². The molecule has 1 fully saturated rings. The molecule has 0 saturated carbocycles. The van der Waals surface area contributed by atoms with Crippen LogP contribution in [0.1, 0.15) is 17.7 Å². The van der Waals surface area contributed by atoms with E-state index in [9.17, 15) is 9.59 Å². The molecule has 1 atom stereocenters. The molecule has 126 valence electrons. The van der Waals surface area contributed by atoms with Crippen LogP contribution in [-0.4, -0.2) is 30.3 Å². The van der Waals surface area contributed by atoms with Gasteiger partial charge in [-0.15, -0.1) is 0 Å². The Morgan fingerprint density at radius 1 is 1.42 bits per heavy atom. The molecule has 3 rings (SSSR count). The third-order valence-corrected chi connectivity index (χ3v) is 5.17. The van der Waals surface area contributed by atoms with Crippen LogP contribution in [0.25, 0.3) is 0 Å². The molecule has 2 heterocycles. The summed E-state index contributed by atoms with van der Waals surface area (Å²) in [5.41, 5.74) is 1.90. The first-order chi connectivity index (χ1) is 11.5. The monoisotopic (exact) mass is 390 g/mol. The summed E-state index contributed by atoms with van der Waals surface area (Å²) < 4.78 is 6.28. The summed E-state index contributed by atoms with van der Waals surface area (Å²) in [6, 6.07) is 9.41. The lowest BCUT2D eigenvalue weighted by molar-refractivity contribution is -0.135. The van der Waals surface area contributed by atoms with Crippen LogP contribution >= 0.6 is 15.9 Å². The molecular formula is C18H19BrN2O3. The smallest absolute Gasteiger partial charge is 0.228 e. The quantitative estimate of drug-likeness (QED) is 0.803. The molecule has 2 aromatic rings. The fraction of sp³-hybridized carbons (Fsp3) is 0.333. The number of nitrogens with zero attached hydrogens (tertiary/aromatic N) is 2. The first kappa shape index (κ1) is 16.8. The molecule has 0 spiro atoms. The van der Waals surface area contributed by atoms with Crippen LogP contribution in [-0.2, 0) is 16.1 Å². The maximum atomic E-state index is 12.6. The number of amides is 2. The van der Waals surface area contributed by atoms with E-state index in [2.05, 4.69) is 15.9 Å². The van der Waals surface area contributed by atoms with Crippen LogP contribution in [0, 0.1) is 12.8 Å². The van der Waals surface area contributed by atoms with Crippen LogP contribution in [0.5, 0.6) is 0 Å². The van der Waals surface area contributed by atoms with E-state index in [1.165, 1.54) is 0 Å². The highest BCUT2D eigenvalue weighted by Gasteiger charge is 2.36. The molecule has 2 amide bonds. The average Bonchev–Trinajstić information content (AvgIpc) is 3.19. The van der Waals surface area contributed by atoms with E-state index < -0.39 is 0 Å². The zero-order chi connectivity index (χ0) is 17.3. The van der Waals surface area contributed by atoms with E-state index in [1.54, 1.807) is 29.2 Å². The maximum absolute atomic E-state index is 12.6. The highest BCUT2D eigenvalue weighted by molar-refractivity contribution is 9.10. The van der Waals surface area contributed by atoms with E-state index in [0.717, 1.165) is 21.5 Å². The van der Waals surface area contributed by atoms with Crippen LogP contribution < -0.4 is 4.90 Å². The third-order valence-electron chi connectivity index (χ3n) is 4.28. The Kier molecular flexibility index (Phi) is 4.76. The van der Waals surface area contributed by atoms with Gasteiger partial charge in [0, 0.05) is 30.2 Å². The molecule has 0 N–H and O–H groups in total. The van der Waals surface area contributed by atoms with Crippen LogP contribution in [0.4, 0.5) is 5.69 Å². The number of hydrogen-bond acceptors (Lipinski definition) is 3. The van der Waals surface area contributed by atoms with Crippen molar-refractivity contribution in [3.05, 3.63) is 52.4 Å². The molecular weight excluding hydrogens is 372 g/mol. The van der Waals surface area contributed by atoms with Gasteiger partial charge in [-0.3, -0.25) is 9.59 Å². The molecule has 5 nitrogen and oxygen atoms in total. The first-order valence-electron chi connectivity index (χ1n) is 7.79. The number of rotatable bonds is 4. The zero-order valence-corrected chi connectivity index (χ0v) is 15.2. The molecule has 0 bridgehead atoms. The van der Waals surface area contributed by atoms with Crippen molar-refractivity contribution in [2.45, 2.75) is 19.9 Å². The largest absolute Gasteiger partial charge is 0.467 e. The fourth-order valence-corrected chi connectivity index (χ4v) is 3.19. The molecule has 0 aliphatic carbocycles. The van der Waals surface area contributed by atoms with E-state index in [1.807, 2.05) is 31.2 Å². The Bertz CT molecular complexity index is 758. The highest BCUT2D eigenvalue weighted by atomic mass is 79.9. The minimum Gasteiger partial charge on any atom is -0.467 e. The standard InChI is InChI=1S/C18H19BrN2O3/c1-12-8-14(5-6-16(12)19)21-10-13(9-17(21)22)18(23)20(2)11-15-4-3-7-24-15/h3-8,13H,9-11H2,1-2H3. The number of carbonyl (C=O) groups is 2. The summed E-state index contributed by atoms with van der Waals surface area (Å²) in [5, 5.41) is 0. The van der Waals surface area contributed by atoms with Crippen molar-refractivity contribution in [3.8, 4) is 0 Å². The SMILES string of the molecule is Cc1cc(N2CC(C(=O)N(C)Cc3ccco3)CC2=O)ccc1Br. The number of benzene rings is 1. The minimum absolute atomic E-state index is 0.0125. The summed E-state index contributed by atoms with van der Waals surface area (Å²) >= 11 is 3.46. The first-order valence-corrected chi connectivity index (χ1v) is 8.59. The summed E-state index contributed by atoms with van der Waals surface area (Å²) in [5.74, 6) is 0.370. The lowest BCUT2D eigenvalue weighted by Crippen LogP contribution is -2.34.